The summed E-state index contributed by atoms with van der Waals surface area (Å²) in [5.74, 6) is -0.667. The molecule has 29 heavy (non-hydrogen) atoms. The molecule has 1 aliphatic rings. The summed E-state index contributed by atoms with van der Waals surface area (Å²) in [4.78, 5) is 28.5. The largest absolute Gasteiger partial charge is 0.466 e. The van der Waals surface area contributed by atoms with Crippen molar-refractivity contribution in [3.63, 3.8) is 0 Å². The van der Waals surface area contributed by atoms with Gasteiger partial charge in [-0.2, -0.15) is 13.2 Å². The zero-order valence-electron chi connectivity index (χ0n) is 17.0. The van der Waals surface area contributed by atoms with E-state index >= 15 is 0 Å². The fourth-order valence-electron chi connectivity index (χ4n) is 3.69. The molecule has 1 heterocycles. The standard InChI is InChI=1S/C21H29F3N2O3/c1-3-25-11-6-9-18(25)15-26(12-10-20(28)29-4-2)19(27)14-16-7-5-8-17(13-16)21(22,23)24/h5,7-8,13,18H,3-4,6,9-12,14-15H2,1-2H3. The molecule has 0 saturated carbocycles. The van der Waals surface area contributed by atoms with Crippen molar-refractivity contribution in [1.29, 1.82) is 0 Å². The van der Waals surface area contributed by atoms with Crippen LogP contribution in [0.2, 0.25) is 0 Å². The lowest BCUT2D eigenvalue weighted by atomic mass is 10.1. The first kappa shape index (κ1) is 23.2. The summed E-state index contributed by atoms with van der Waals surface area (Å²) in [6.07, 6.45) is -2.51. The topological polar surface area (TPSA) is 49.9 Å². The molecule has 8 heteroatoms. The first-order valence-corrected chi connectivity index (χ1v) is 10.1. The number of carbonyl (C=O) groups excluding carboxylic acids is 2. The maximum atomic E-state index is 12.9. The molecule has 5 nitrogen and oxygen atoms in total. The molecule has 0 aromatic heterocycles. The summed E-state index contributed by atoms with van der Waals surface area (Å²) in [6.45, 7) is 6.55. The Morgan fingerprint density at radius 3 is 2.69 bits per heavy atom. The van der Waals surface area contributed by atoms with Crippen LogP contribution >= 0.6 is 0 Å². The van der Waals surface area contributed by atoms with E-state index in [1.807, 2.05) is 0 Å². The Bertz CT molecular complexity index is 694. The van der Waals surface area contributed by atoms with Gasteiger partial charge in [0.1, 0.15) is 0 Å². The fraction of sp³-hybridized carbons (Fsp3) is 0.619. The third-order valence-electron chi connectivity index (χ3n) is 5.19. The molecule has 1 fully saturated rings. The lowest BCUT2D eigenvalue weighted by Gasteiger charge is -2.30. The van der Waals surface area contributed by atoms with Gasteiger partial charge in [0.2, 0.25) is 5.91 Å². The third-order valence-corrected chi connectivity index (χ3v) is 5.19. The Kier molecular flexibility index (Phi) is 8.49. The maximum Gasteiger partial charge on any atom is 0.416 e. The summed E-state index contributed by atoms with van der Waals surface area (Å²) < 4.78 is 43.8. The van der Waals surface area contributed by atoms with Gasteiger partial charge >= 0.3 is 12.1 Å². The van der Waals surface area contributed by atoms with E-state index in [-0.39, 0.29) is 43.9 Å². The van der Waals surface area contributed by atoms with Crippen LogP contribution in [0.1, 0.15) is 44.2 Å². The molecule has 1 amide bonds. The molecule has 0 aliphatic carbocycles. The maximum absolute atomic E-state index is 12.9. The first-order valence-electron chi connectivity index (χ1n) is 10.1. The van der Waals surface area contributed by atoms with Gasteiger partial charge in [0, 0.05) is 19.1 Å². The zero-order valence-corrected chi connectivity index (χ0v) is 17.0. The first-order chi connectivity index (χ1) is 13.7. The van der Waals surface area contributed by atoms with Crippen LogP contribution in [-0.2, 0) is 26.9 Å². The Morgan fingerprint density at radius 1 is 1.28 bits per heavy atom. The molecule has 0 N–H and O–H groups in total. The van der Waals surface area contributed by atoms with Crippen LogP contribution in [0.3, 0.4) is 0 Å². The summed E-state index contributed by atoms with van der Waals surface area (Å²) in [5.41, 5.74) is -0.460. The highest BCUT2D eigenvalue weighted by Gasteiger charge is 2.31. The van der Waals surface area contributed by atoms with Crippen molar-refractivity contribution in [2.75, 3.05) is 32.8 Å². The van der Waals surface area contributed by atoms with Gasteiger partial charge in [0.15, 0.2) is 0 Å². The highest BCUT2D eigenvalue weighted by Crippen LogP contribution is 2.29. The molecule has 1 aromatic carbocycles. The lowest BCUT2D eigenvalue weighted by molar-refractivity contribution is -0.144. The van der Waals surface area contributed by atoms with Crippen molar-refractivity contribution in [3.8, 4) is 0 Å². The van der Waals surface area contributed by atoms with Crippen molar-refractivity contribution < 1.29 is 27.5 Å². The fourth-order valence-corrected chi connectivity index (χ4v) is 3.69. The Hall–Kier alpha value is -2.09. The van der Waals surface area contributed by atoms with Crippen molar-refractivity contribution in [1.82, 2.24) is 9.80 Å². The molecule has 1 unspecified atom stereocenters. The van der Waals surface area contributed by atoms with E-state index in [9.17, 15) is 22.8 Å². The average molecular weight is 414 g/mol. The molecular weight excluding hydrogens is 385 g/mol. The monoisotopic (exact) mass is 414 g/mol. The molecule has 162 valence electrons. The van der Waals surface area contributed by atoms with Gasteiger partial charge in [-0.3, -0.25) is 14.5 Å². The van der Waals surface area contributed by atoms with E-state index in [0.29, 0.717) is 12.1 Å². The van der Waals surface area contributed by atoms with Crippen LogP contribution in [-0.4, -0.2) is 60.5 Å². The minimum atomic E-state index is -4.45. The molecule has 1 aromatic rings. The third kappa shape index (κ3) is 7.03. The van der Waals surface area contributed by atoms with Crippen LogP contribution in [0, 0.1) is 0 Å². The number of hydrogen-bond donors (Lipinski definition) is 0. The second-order valence-corrected chi connectivity index (χ2v) is 7.19. The number of amides is 1. The number of nitrogens with zero attached hydrogens (tertiary/aromatic N) is 2. The van der Waals surface area contributed by atoms with E-state index in [1.54, 1.807) is 11.8 Å². The number of likely N-dealkylation sites (tertiary alicyclic amines) is 1. The highest BCUT2D eigenvalue weighted by molar-refractivity contribution is 5.79. The van der Waals surface area contributed by atoms with Gasteiger partial charge in [0.25, 0.3) is 0 Å². The zero-order chi connectivity index (χ0) is 21.4. The minimum absolute atomic E-state index is 0.0705. The molecule has 0 spiro atoms. The number of ether oxygens (including phenoxy) is 1. The molecule has 1 atom stereocenters. The Labute approximate surface area is 169 Å². The number of halogens is 3. The van der Waals surface area contributed by atoms with Crippen molar-refractivity contribution >= 4 is 11.9 Å². The van der Waals surface area contributed by atoms with Crippen LogP contribution in [0.15, 0.2) is 24.3 Å². The van der Waals surface area contributed by atoms with Crippen LogP contribution in [0.5, 0.6) is 0 Å². The lowest BCUT2D eigenvalue weighted by Crippen LogP contribution is -2.44. The second-order valence-electron chi connectivity index (χ2n) is 7.19. The van der Waals surface area contributed by atoms with Gasteiger partial charge < -0.3 is 9.64 Å². The minimum Gasteiger partial charge on any atom is -0.466 e. The highest BCUT2D eigenvalue weighted by atomic mass is 19.4. The normalized spacial score (nSPS) is 17.3. The van der Waals surface area contributed by atoms with Crippen molar-refractivity contribution in [3.05, 3.63) is 35.4 Å². The van der Waals surface area contributed by atoms with Crippen LogP contribution < -0.4 is 0 Å². The van der Waals surface area contributed by atoms with Gasteiger partial charge in [-0.1, -0.05) is 25.1 Å². The van der Waals surface area contributed by atoms with E-state index in [4.69, 9.17) is 4.74 Å². The Balaban J connectivity index is 2.09. The predicted octanol–water partition coefficient (Wildman–Crippen LogP) is 3.51. The van der Waals surface area contributed by atoms with E-state index < -0.39 is 11.7 Å². The molecule has 2 rings (SSSR count). The number of benzene rings is 1. The van der Waals surface area contributed by atoms with Crippen LogP contribution in [0.25, 0.3) is 0 Å². The molecule has 0 bridgehead atoms. The summed E-state index contributed by atoms with van der Waals surface area (Å²) in [5, 5.41) is 0. The number of hydrogen-bond acceptors (Lipinski definition) is 4. The van der Waals surface area contributed by atoms with Crippen molar-refractivity contribution in [2.45, 2.75) is 51.7 Å². The number of carbonyl (C=O) groups is 2. The summed E-state index contributed by atoms with van der Waals surface area (Å²) >= 11 is 0. The molecule has 0 radical (unpaired) electrons. The quantitative estimate of drug-likeness (QED) is 0.581. The SMILES string of the molecule is CCOC(=O)CCN(CC1CCCN1CC)C(=O)Cc1cccc(C(F)(F)F)c1. The van der Waals surface area contributed by atoms with Crippen LogP contribution in [0.4, 0.5) is 13.2 Å². The van der Waals surface area contributed by atoms with E-state index in [2.05, 4.69) is 11.8 Å². The van der Waals surface area contributed by atoms with Gasteiger partial charge in [-0.05, 0) is 44.5 Å². The second kappa shape index (κ2) is 10.6. The average Bonchev–Trinajstić information content (AvgIpc) is 3.12. The number of alkyl halides is 3. The molecule has 1 aliphatic heterocycles. The predicted molar refractivity (Wildman–Crippen MR) is 103 cm³/mol. The smallest absolute Gasteiger partial charge is 0.416 e. The Morgan fingerprint density at radius 2 is 2.03 bits per heavy atom. The summed E-state index contributed by atoms with van der Waals surface area (Å²) in [7, 11) is 0. The van der Waals surface area contributed by atoms with E-state index in [0.717, 1.165) is 38.1 Å². The molecule has 1 saturated heterocycles. The van der Waals surface area contributed by atoms with Gasteiger partial charge in [-0.15, -0.1) is 0 Å². The van der Waals surface area contributed by atoms with Gasteiger partial charge in [-0.25, -0.2) is 0 Å². The number of rotatable bonds is 9. The number of likely N-dealkylation sites (N-methyl/N-ethyl adjacent to an activating group) is 1. The van der Waals surface area contributed by atoms with Crippen molar-refractivity contribution in [2.24, 2.45) is 0 Å². The van der Waals surface area contributed by atoms with E-state index in [1.165, 1.54) is 12.1 Å². The van der Waals surface area contributed by atoms with Gasteiger partial charge in [0.05, 0.1) is 25.0 Å². The number of esters is 1. The molecular formula is C21H29F3N2O3. The summed E-state index contributed by atoms with van der Waals surface area (Å²) in [6, 6.07) is 5.03.